The van der Waals surface area contributed by atoms with Gasteiger partial charge >= 0.3 is 0 Å². The molecule has 20 heavy (non-hydrogen) atoms. The molecule has 0 unspecified atom stereocenters. The number of benzene rings is 1. The molecule has 1 heterocycles. The lowest BCUT2D eigenvalue weighted by atomic mass is 10.1. The number of rotatable bonds is 3. The summed E-state index contributed by atoms with van der Waals surface area (Å²) >= 11 is 14.2. The third-order valence-corrected chi connectivity index (χ3v) is 4.68. The smallest absolute Gasteiger partial charge is 0.191 e. The zero-order valence-electron chi connectivity index (χ0n) is 11.0. The largest absolute Gasteiger partial charge is 0.370 e. The second kappa shape index (κ2) is 9.23. The summed E-state index contributed by atoms with van der Waals surface area (Å²) in [4.78, 5) is 6.55. The topological polar surface area (TPSA) is 41.6 Å². The molecule has 3 nitrogen and oxygen atoms in total. The van der Waals surface area contributed by atoms with Crippen LogP contribution < -0.4 is 5.73 Å². The Morgan fingerprint density at radius 1 is 1.25 bits per heavy atom. The van der Waals surface area contributed by atoms with Gasteiger partial charge in [0.15, 0.2) is 5.96 Å². The zero-order valence-corrected chi connectivity index (χ0v) is 15.7. The van der Waals surface area contributed by atoms with Crippen molar-refractivity contribution in [1.82, 2.24) is 4.90 Å². The Hall–Kier alpha value is 0.150. The Kier molecular flexibility index (Phi) is 8.39. The average molecular weight is 446 g/mol. The van der Waals surface area contributed by atoms with Gasteiger partial charge in [-0.2, -0.15) is 11.8 Å². The Bertz CT molecular complexity index is 445. The van der Waals surface area contributed by atoms with Gasteiger partial charge in [0.2, 0.25) is 0 Å². The summed E-state index contributed by atoms with van der Waals surface area (Å²) in [5.41, 5.74) is 6.93. The van der Waals surface area contributed by atoms with Crippen LogP contribution in [0.4, 0.5) is 0 Å². The highest BCUT2D eigenvalue weighted by Crippen LogP contribution is 2.24. The molecule has 0 bridgehead atoms. The zero-order chi connectivity index (χ0) is 13.7. The number of hydrogen-bond donors (Lipinski definition) is 1. The van der Waals surface area contributed by atoms with Gasteiger partial charge < -0.3 is 10.6 Å². The van der Waals surface area contributed by atoms with E-state index in [0.717, 1.165) is 30.2 Å². The van der Waals surface area contributed by atoms with Crippen molar-refractivity contribution in [2.75, 3.05) is 31.1 Å². The molecule has 1 fully saturated rings. The van der Waals surface area contributed by atoms with Crippen LogP contribution in [0.5, 0.6) is 0 Å². The molecule has 0 atom stereocenters. The molecule has 0 spiro atoms. The summed E-state index contributed by atoms with van der Waals surface area (Å²) in [6, 6.07) is 5.53. The second-order valence-electron chi connectivity index (χ2n) is 4.29. The molecule has 2 rings (SSSR count). The Morgan fingerprint density at radius 2 is 1.85 bits per heavy atom. The number of nitrogens with zero attached hydrogens (tertiary/aromatic N) is 2. The number of hydrogen-bond acceptors (Lipinski definition) is 2. The number of guanidine groups is 1. The molecule has 1 aliphatic rings. The maximum absolute atomic E-state index is 6.12. The maximum atomic E-state index is 6.12. The number of aliphatic imine (C=N–C) groups is 1. The van der Waals surface area contributed by atoms with Crippen molar-refractivity contribution in [2.24, 2.45) is 10.7 Å². The van der Waals surface area contributed by atoms with Crippen molar-refractivity contribution >= 4 is 64.9 Å². The van der Waals surface area contributed by atoms with Gasteiger partial charge in [-0.15, -0.1) is 24.0 Å². The minimum Gasteiger partial charge on any atom is -0.370 e. The minimum atomic E-state index is 0. The van der Waals surface area contributed by atoms with Crippen LogP contribution >= 0.6 is 58.9 Å². The maximum Gasteiger partial charge on any atom is 0.191 e. The van der Waals surface area contributed by atoms with Crippen molar-refractivity contribution in [1.29, 1.82) is 0 Å². The lowest BCUT2D eigenvalue weighted by Gasteiger charge is -2.27. The van der Waals surface area contributed by atoms with Crippen molar-refractivity contribution in [3.8, 4) is 0 Å². The molecule has 7 heteroatoms. The first-order chi connectivity index (χ1) is 9.18. The highest BCUT2D eigenvalue weighted by molar-refractivity contribution is 14.0. The predicted molar refractivity (Wildman–Crippen MR) is 101 cm³/mol. The normalized spacial score (nSPS) is 15.9. The molecular formula is C13H18Cl2IN3S. The van der Waals surface area contributed by atoms with E-state index >= 15 is 0 Å². The van der Waals surface area contributed by atoms with Gasteiger partial charge in [0.05, 0.1) is 0 Å². The molecule has 1 aromatic rings. The van der Waals surface area contributed by atoms with Crippen LogP contribution in [0.25, 0.3) is 0 Å². The van der Waals surface area contributed by atoms with Crippen molar-refractivity contribution in [3.63, 3.8) is 0 Å². The van der Waals surface area contributed by atoms with Crippen LogP contribution in [-0.2, 0) is 6.42 Å². The Morgan fingerprint density at radius 3 is 2.45 bits per heavy atom. The highest BCUT2D eigenvalue weighted by atomic mass is 127. The fourth-order valence-corrected chi connectivity index (χ4v) is 3.44. The highest BCUT2D eigenvalue weighted by Gasteiger charge is 2.12. The standard InChI is InChI=1S/C13H17Cl2N3S.HI/c14-11-2-1-3-12(15)10(11)4-5-17-13(16)18-6-8-19-9-7-18;/h1-3H,4-9H2,(H2,16,17);1H. The van der Waals surface area contributed by atoms with Crippen LogP contribution in [-0.4, -0.2) is 42.0 Å². The lowest BCUT2D eigenvalue weighted by molar-refractivity contribution is 0.456. The van der Waals surface area contributed by atoms with Crippen LogP contribution in [0.15, 0.2) is 23.2 Å². The summed E-state index contributed by atoms with van der Waals surface area (Å²) in [5.74, 6) is 2.86. The van der Waals surface area contributed by atoms with Gasteiger partial charge in [-0.1, -0.05) is 29.3 Å². The van der Waals surface area contributed by atoms with Crippen LogP contribution in [0.1, 0.15) is 5.56 Å². The van der Waals surface area contributed by atoms with E-state index in [4.69, 9.17) is 28.9 Å². The van der Waals surface area contributed by atoms with Gasteiger partial charge in [0, 0.05) is 41.2 Å². The van der Waals surface area contributed by atoms with Gasteiger partial charge in [-0.05, 0) is 24.1 Å². The molecule has 0 aromatic heterocycles. The summed E-state index contributed by atoms with van der Waals surface area (Å²) in [5, 5.41) is 1.38. The molecule has 0 amide bonds. The molecule has 112 valence electrons. The molecule has 0 saturated carbocycles. The van der Waals surface area contributed by atoms with E-state index in [1.165, 1.54) is 0 Å². The van der Waals surface area contributed by atoms with Crippen molar-refractivity contribution < 1.29 is 0 Å². The molecule has 0 radical (unpaired) electrons. The SMILES string of the molecule is I.NC(=NCCc1c(Cl)cccc1Cl)N1CCSCC1. The Balaban J connectivity index is 0.00000200. The summed E-state index contributed by atoms with van der Waals surface area (Å²) in [6.45, 7) is 2.57. The van der Waals surface area contributed by atoms with E-state index in [-0.39, 0.29) is 24.0 Å². The van der Waals surface area contributed by atoms with E-state index < -0.39 is 0 Å². The van der Waals surface area contributed by atoms with E-state index in [2.05, 4.69) is 9.89 Å². The van der Waals surface area contributed by atoms with Crippen molar-refractivity contribution in [3.05, 3.63) is 33.8 Å². The van der Waals surface area contributed by atoms with Crippen LogP contribution in [0.2, 0.25) is 10.0 Å². The molecule has 1 saturated heterocycles. The first-order valence-corrected chi connectivity index (χ1v) is 8.15. The molecule has 1 aromatic carbocycles. The fraction of sp³-hybridized carbons (Fsp3) is 0.462. The monoisotopic (exact) mass is 445 g/mol. The third-order valence-electron chi connectivity index (χ3n) is 3.03. The van der Waals surface area contributed by atoms with E-state index in [1.54, 1.807) is 0 Å². The Labute approximate surface area is 151 Å². The predicted octanol–water partition coefficient (Wildman–Crippen LogP) is 3.52. The molecular weight excluding hydrogens is 428 g/mol. The van der Waals surface area contributed by atoms with Gasteiger partial charge in [0.25, 0.3) is 0 Å². The minimum absolute atomic E-state index is 0. The second-order valence-corrected chi connectivity index (χ2v) is 6.33. The molecule has 0 aliphatic carbocycles. The van der Waals surface area contributed by atoms with Gasteiger partial charge in [0.1, 0.15) is 0 Å². The van der Waals surface area contributed by atoms with Crippen LogP contribution in [0, 0.1) is 0 Å². The first-order valence-electron chi connectivity index (χ1n) is 6.24. The van der Waals surface area contributed by atoms with Gasteiger partial charge in [-0.25, -0.2) is 0 Å². The third kappa shape index (κ3) is 5.16. The summed E-state index contributed by atoms with van der Waals surface area (Å²) < 4.78 is 0. The summed E-state index contributed by atoms with van der Waals surface area (Å²) in [6.07, 6.45) is 0.710. The number of nitrogens with two attached hydrogens (primary N) is 1. The molecule has 1 aliphatic heterocycles. The van der Waals surface area contributed by atoms with E-state index in [1.807, 2.05) is 30.0 Å². The average Bonchev–Trinajstić information content (AvgIpc) is 2.43. The van der Waals surface area contributed by atoms with E-state index in [0.29, 0.717) is 29.0 Å². The van der Waals surface area contributed by atoms with E-state index in [9.17, 15) is 0 Å². The van der Waals surface area contributed by atoms with Gasteiger partial charge in [-0.3, -0.25) is 4.99 Å². The lowest BCUT2D eigenvalue weighted by Crippen LogP contribution is -2.42. The van der Waals surface area contributed by atoms with Crippen LogP contribution in [0.3, 0.4) is 0 Å². The van der Waals surface area contributed by atoms with Crippen molar-refractivity contribution in [2.45, 2.75) is 6.42 Å². The number of halogens is 3. The fourth-order valence-electron chi connectivity index (χ4n) is 1.95. The summed E-state index contributed by atoms with van der Waals surface area (Å²) in [7, 11) is 0. The number of thioether (sulfide) groups is 1. The molecule has 2 N–H and O–H groups in total. The first kappa shape index (κ1) is 18.2. The quantitative estimate of drug-likeness (QED) is 0.439.